The first-order valence-corrected chi connectivity index (χ1v) is 3.86. The lowest BCUT2D eigenvalue weighted by molar-refractivity contribution is -0.133. The highest BCUT2D eigenvalue weighted by Gasteiger charge is 2.25. The van der Waals surface area contributed by atoms with E-state index in [4.69, 9.17) is 4.42 Å². The summed E-state index contributed by atoms with van der Waals surface area (Å²) in [5, 5.41) is 2.66. The van der Waals surface area contributed by atoms with Crippen LogP contribution in [-0.4, -0.2) is 12.7 Å². The highest BCUT2D eigenvalue weighted by atomic mass is 19.4. The second kappa shape index (κ2) is 4.32. The van der Waals surface area contributed by atoms with Gasteiger partial charge in [0.2, 0.25) is 0 Å². The Morgan fingerprint density at radius 3 is 2.69 bits per heavy atom. The van der Waals surface area contributed by atoms with Crippen LogP contribution < -0.4 is 5.32 Å². The predicted octanol–water partition coefficient (Wildman–Crippen LogP) is 2.32. The molecule has 0 saturated heterocycles. The Bertz CT molecular complexity index is 230. The molecule has 2 nitrogen and oxygen atoms in total. The molecule has 13 heavy (non-hydrogen) atoms. The van der Waals surface area contributed by atoms with Crippen LogP contribution in [0.4, 0.5) is 13.2 Å². The van der Waals surface area contributed by atoms with Gasteiger partial charge in [-0.3, -0.25) is 0 Å². The molecule has 74 valence electrons. The molecule has 0 amide bonds. The summed E-state index contributed by atoms with van der Waals surface area (Å²) in [6.45, 7) is 0.348. The smallest absolute Gasteiger partial charge is 0.390 e. The molecule has 0 aromatic carbocycles. The van der Waals surface area contributed by atoms with Gasteiger partial charge >= 0.3 is 6.18 Å². The lowest BCUT2D eigenvalue weighted by atomic mass is 10.3. The Morgan fingerprint density at radius 1 is 1.38 bits per heavy atom. The van der Waals surface area contributed by atoms with Crippen LogP contribution in [-0.2, 0) is 6.54 Å². The topological polar surface area (TPSA) is 25.2 Å². The third-order valence-corrected chi connectivity index (χ3v) is 1.49. The SMILES string of the molecule is FC(F)(F)CCNCc1ccoc1. The van der Waals surface area contributed by atoms with Crippen molar-refractivity contribution in [3.05, 3.63) is 24.2 Å². The normalized spacial score (nSPS) is 11.9. The minimum absolute atomic E-state index is 0.0608. The summed E-state index contributed by atoms with van der Waals surface area (Å²) in [6, 6.07) is 1.71. The largest absolute Gasteiger partial charge is 0.472 e. The van der Waals surface area contributed by atoms with Gasteiger partial charge < -0.3 is 9.73 Å². The quantitative estimate of drug-likeness (QED) is 0.742. The Kier molecular flexibility index (Phi) is 3.36. The van der Waals surface area contributed by atoms with Crippen molar-refractivity contribution in [2.75, 3.05) is 6.54 Å². The summed E-state index contributed by atoms with van der Waals surface area (Å²) in [6.07, 6.45) is -1.89. The van der Waals surface area contributed by atoms with E-state index < -0.39 is 12.6 Å². The maximum Gasteiger partial charge on any atom is 0.390 e. The highest BCUT2D eigenvalue weighted by Crippen LogP contribution is 2.18. The third kappa shape index (κ3) is 4.57. The number of nitrogens with one attached hydrogen (secondary N) is 1. The molecule has 0 bridgehead atoms. The summed E-state index contributed by atoms with van der Waals surface area (Å²) in [7, 11) is 0. The van der Waals surface area contributed by atoms with Gasteiger partial charge in [0.05, 0.1) is 18.9 Å². The molecular formula is C8H10F3NO. The molecule has 0 fully saturated rings. The van der Waals surface area contributed by atoms with Gasteiger partial charge in [0.15, 0.2) is 0 Å². The maximum absolute atomic E-state index is 11.7. The van der Waals surface area contributed by atoms with Crippen molar-refractivity contribution < 1.29 is 17.6 Å². The lowest BCUT2D eigenvalue weighted by Crippen LogP contribution is -2.21. The summed E-state index contributed by atoms with van der Waals surface area (Å²) in [5.41, 5.74) is 0.849. The standard InChI is InChI=1S/C8H10F3NO/c9-8(10,11)2-3-12-5-7-1-4-13-6-7/h1,4,6,12H,2-3,5H2. The zero-order valence-electron chi connectivity index (χ0n) is 6.90. The van der Waals surface area contributed by atoms with E-state index in [0.717, 1.165) is 5.56 Å². The maximum atomic E-state index is 11.7. The number of alkyl halides is 3. The number of furan rings is 1. The second-order valence-corrected chi connectivity index (χ2v) is 2.67. The number of rotatable bonds is 4. The van der Waals surface area contributed by atoms with Crippen molar-refractivity contribution in [1.29, 1.82) is 0 Å². The van der Waals surface area contributed by atoms with E-state index in [1.165, 1.54) is 12.5 Å². The molecular weight excluding hydrogens is 183 g/mol. The summed E-state index contributed by atoms with van der Waals surface area (Å²) >= 11 is 0. The molecule has 1 rings (SSSR count). The Labute approximate surface area is 73.7 Å². The Balaban J connectivity index is 2.09. The zero-order valence-corrected chi connectivity index (χ0v) is 6.90. The van der Waals surface area contributed by atoms with E-state index in [0.29, 0.717) is 6.54 Å². The molecule has 0 atom stereocenters. The highest BCUT2D eigenvalue weighted by molar-refractivity contribution is 5.04. The lowest BCUT2D eigenvalue weighted by Gasteiger charge is -2.06. The third-order valence-electron chi connectivity index (χ3n) is 1.49. The molecule has 0 aliphatic carbocycles. The van der Waals surface area contributed by atoms with Crippen molar-refractivity contribution in [2.24, 2.45) is 0 Å². The predicted molar refractivity (Wildman–Crippen MR) is 41.1 cm³/mol. The van der Waals surface area contributed by atoms with Crippen LogP contribution in [0.2, 0.25) is 0 Å². The van der Waals surface area contributed by atoms with Crippen LogP contribution in [0, 0.1) is 0 Å². The van der Waals surface area contributed by atoms with Crippen LogP contribution in [0.25, 0.3) is 0 Å². The fourth-order valence-electron chi connectivity index (χ4n) is 0.856. The summed E-state index contributed by atoms with van der Waals surface area (Å²) in [4.78, 5) is 0. The first kappa shape index (κ1) is 10.1. The molecule has 0 saturated carbocycles. The van der Waals surface area contributed by atoms with Crippen molar-refractivity contribution >= 4 is 0 Å². The van der Waals surface area contributed by atoms with Gasteiger partial charge in [0.25, 0.3) is 0 Å². The van der Waals surface area contributed by atoms with Gasteiger partial charge in [-0.05, 0) is 6.07 Å². The van der Waals surface area contributed by atoms with Crippen LogP contribution in [0.15, 0.2) is 23.0 Å². The molecule has 0 unspecified atom stereocenters. The first-order valence-electron chi connectivity index (χ1n) is 3.86. The van der Waals surface area contributed by atoms with E-state index in [-0.39, 0.29) is 6.54 Å². The van der Waals surface area contributed by atoms with Crippen molar-refractivity contribution in [3.8, 4) is 0 Å². The molecule has 0 aliphatic heterocycles. The van der Waals surface area contributed by atoms with E-state index >= 15 is 0 Å². The average Bonchev–Trinajstić information content (AvgIpc) is 2.48. The minimum atomic E-state index is -4.08. The number of halogens is 3. The molecule has 1 heterocycles. The van der Waals surface area contributed by atoms with Crippen LogP contribution in [0.3, 0.4) is 0 Å². The zero-order chi connectivity index (χ0) is 9.73. The van der Waals surface area contributed by atoms with Gasteiger partial charge in [-0.2, -0.15) is 13.2 Å². The van der Waals surface area contributed by atoms with Gasteiger partial charge in [-0.25, -0.2) is 0 Å². The molecule has 0 spiro atoms. The minimum Gasteiger partial charge on any atom is -0.472 e. The Morgan fingerprint density at radius 2 is 2.15 bits per heavy atom. The fourth-order valence-corrected chi connectivity index (χ4v) is 0.856. The first-order chi connectivity index (χ1) is 6.08. The van der Waals surface area contributed by atoms with E-state index in [2.05, 4.69) is 5.32 Å². The Hall–Kier alpha value is -0.970. The fraction of sp³-hybridized carbons (Fsp3) is 0.500. The van der Waals surface area contributed by atoms with Crippen molar-refractivity contribution in [3.63, 3.8) is 0 Å². The summed E-state index contributed by atoms with van der Waals surface area (Å²) < 4.78 is 39.7. The van der Waals surface area contributed by atoms with Gasteiger partial charge in [0.1, 0.15) is 0 Å². The van der Waals surface area contributed by atoms with Gasteiger partial charge in [0, 0.05) is 18.7 Å². The molecule has 1 aromatic rings. The molecule has 0 radical (unpaired) electrons. The summed E-state index contributed by atoms with van der Waals surface area (Å²) in [5.74, 6) is 0. The monoisotopic (exact) mass is 193 g/mol. The molecule has 1 N–H and O–H groups in total. The molecule has 0 aliphatic rings. The van der Waals surface area contributed by atoms with E-state index in [1.807, 2.05) is 0 Å². The van der Waals surface area contributed by atoms with Crippen molar-refractivity contribution in [2.45, 2.75) is 19.1 Å². The van der Waals surface area contributed by atoms with E-state index in [1.54, 1.807) is 6.07 Å². The second-order valence-electron chi connectivity index (χ2n) is 2.67. The van der Waals surface area contributed by atoms with Crippen LogP contribution in [0.5, 0.6) is 0 Å². The number of hydrogen-bond donors (Lipinski definition) is 1. The van der Waals surface area contributed by atoms with Gasteiger partial charge in [-0.1, -0.05) is 0 Å². The van der Waals surface area contributed by atoms with Crippen LogP contribution in [0.1, 0.15) is 12.0 Å². The van der Waals surface area contributed by atoms with E-state index in [9.17, 15) is 13.2 Å². The molecule has 1 aromatic heterocycles. The average molecular weight is 193 g/mol. The van der Waals surface area contributed by atoms with Crippen LogP contribution >= 0.6 is 0 Å². The number of hydrogen-bond acceptors (Lipinski definition) is 2. The molecule has 5 heteroatoms. The van der Waals surface area contributed by atoms with Gasteiger partial charge in [-0.15, -0.1) is 0 Å². The van der Waals surface area contributed by atoms with Crippen molar-refractivity contribution in [1.82, 2.24) is 5.32 Å².